The lowest BCUT2D eigenvalue weighted by Crippen LogP contribution is -2.30. The molecule has 1 N–H and O–H groups in total. The van der Waals surface area contributed by atoms with Crippen LogP contribution in [0.4, 0.5) is 5.69 Å². The highest BCUT2D eigenvalue weighted by atomic mass is 32.2. The molecule has 0 spiro atoms. The van der Waals surface area contributed by atoms with Crippen molar-refractivity contribution >= 4 is 15.7 Å². The Labute approximate surface area is 202 Å². The number of hydrogen-bond donors (Lipinski definition) is 1. The van der Waals surface area contributed by atoms with Crippen molar-refractivity contribution in [2.75, 3.05) is 24.1 Å². The van der Waals surface area contributed by atoms with Gasteiger partial charge in [0.25, 0.3) is 0 Å². The topological polar surface area (TPSA) is 58.6 Å². The molecule has 3 aromatic carbocycles. The van der Waals surface area contributed by atoms with Crippen LogP contribution in [0.3, 0.4) is 0 Å². The van der Waals surface area contributed by atoms with Gasteiger partial charge in [-0.25, -0.2) is 8.42 Å². The molecule has 6 heteroatoms. The van der Waals surface area contributed by atoms with E-state index in [9.17, 15) is 8.42 Å². The van der Waals surface area contributed by atoms with E-state index in [1.807, 2.05) is 42.5 Å². The fourth-order valence-corrected chi connectivity index (χ4v) is 6.49. The van der Waals surface area contributed by atoms with Crippen molar-refractivity contribution in [1.29, 1.82) is 0 Å². The smallest absolute Gasteiger partial charge is 0.229 e. The number of nitrogens with one attached hydrogen (secondary N) is 1. The van der Waals surface area contributed by atoms with Crippen molar-refractivity contribution in [2.24, 2.45) is 11.8 Å². The summed E-state index contributed by atoms with van der Waals surface area (Å²) in [6, 6.07) is 26.6. The molecule has 3 aromatic rings. The molecule has 1 saturated carbocycles. The highest BCUT2D eigenvalue weighted by Crippen LogP contribution is 2.65. The molecule has 2 fully saturated rings. The molecule has 0 amide bonds. The van der Waals surface area contributed by atoms with Crippen LogP contribution >= 0.6 is 0 Å². The molecule has 0 aromatic heterocycles. The largest absolute Gasteiger partial charge is 0.489 e. The van der Waals surface area contributed by atoms with Crippen molar-refractivity contribution in [3.63, 3.8) is 0 Å². The first-order chi connectivity index (χ1) is 16.4. The van der Waals surface area contributed by atoms with Crippen LogP contribution in [0.5, 0.6) is 5.75 Å². The highest BCUT2D eigenvalue weighted by molar-refractivity contribution is 7.92. The van der Waals surface area contributed by atoms with Crippen LogP contribution in [0.15, 0.2) is 78.9 Å². The third kappa shape index (κ3) is 4.57. The quantitative estimate of drug-likeness (QED) is 0.470. The Bertz CT molecular complexity index is 1250. The maximum absolute atomic E-state index is 11.7. The fourth-order valence-electron chi connectivity index (χ4n) is 5.94. The van der Waals surface area contributed by atoms with E-state index >= 15 is 0 Å². The molecule has 1 saturated heterocycles. The van der Waals surface area contributed by atoms with Gasteiger partial charge in [-0.15, -0.1) is 0 Å². The predicted molar refractivity (Wildman–Crippen MR) is 136 cm³/mol. The van der Waals surface area contributed by atoms with Gasteiger partial charge >= 0.3 is 0 Å². The van der Waals surface area contributed by atoms with E-state index in [1.54, 1.807) is 0 Å². The molecule has 1 aliphatic carbocycles. The number of benzene rings is 3. The molecular formula is C28H32N2O3S. The number of ether oxygens (including phenoxy) is 1. The van der Waals surface area contributed by atoms with Gasteiger partial charge in [-0.2, -0.15) is 0 Å². The Morgan fingerprint density at radius 3 is 2.38 bits per heavy atom. The van der Waals surface area contributed by atoms with Gasteiger partial charge in [0, 0.05) is 36.3 Å². The van der Waals surface area contributed by atoms with Gasteiger partial charge in [-0.05, 0) is 47.6 Å². The van der Waals surface area contributed by atoms with Crippen molar-refractivity contribution in [3.8, 4) is 5.75 Å². The molecule has 178 valence electrons. The van der Waals surface area contributed by atoms with Crippen molar-refractivity contribution < 1.29 is 13.2 Å². The van der Waals surface area contributed by atoms with Gasteiger partial charge in [0.1, 0.15) is 12.4 Å². The van der Waals surface area contributed by atoms with Crippen molar-refractivity contribution in [2.45, 2.75) is 31.9 Å². The summed E-state index contributed by atoms with van der Waals surface area (Å²) < 4.78 is 32.2. The van der Waals surface area contributed by atoms with Gasteiger partial charge in [-0.3, -0.25) is 9.62 Å². The van der Waals surface area contributed by atoms with E-state index in [1.165, 1.54) is 22.9 Å². The predicted octanol–water partition coefficient (Wildman–Crippen LogP) is 5.05. The number of piperidine rings is 1. The van der Waals surface area contributed by atoms with Gasteiger partial charge < -0.3 is 4.74 Å². The first-order valence-corrected chi connectivity index (χ1v) is 13.8. The van der Waals surface area contributed by atoms with Crippen molar-refractivity contribution in [1.82, 2.24) is 4.90 Å². The van der Waals surface area contributed by atoms with E-state index in [2.05, 4.69) is 52.9 Å². The molecule has 2 aliphatic rings. The Hall–Kier alpha value is -2.83. The van der Waals surface area contributed by atoms with Crippen molar-refractivity contribution in [3.05, 3.63) is 95.6 Å². The Morgan fingerprint density at radius 1 is 0.971 bits per heavy atom. The number of nitrogens with zero attached hydrogens (tertiary/aromatic N) is 1. The van der Waals surface area contributed by atoms with Crippen LogP contribution in [-0.2, 0) is 28.6 Å². The molecule has 5 nitrogen and oxygen atoms in total. The first kappa shape index (κ1) is 22.9. The molecular weight excluding hydrogens is 444 g/mol. The monoisotopic (exact) mass is 476 g/mol. The molecule has 2 atom stereocenters. The standard InChI is InChI=1S/C28H32N2O3S/c1-3-28(23-13-9-14-24(16-23)29-34(2,31)32)25-18-30(19-26(25)28)17-22-12-7-8-15-27(22)33-20-21-10-5-4-6-11-21/h4-16,25-26,29H,3,17-20H2,1-2H3. The molecule has 0 bridgehead atoms. The van der Waals surface area contributed by atoms with Gasteiger partial charge in [0.15, 0.2) is 0 Å². The zero-order valence-electron chi connectivity index (χ0n) is 19.8. The minimum absolute atomic E-state index is 0.148. The minimum atomic E-state index is -3.28. The van der Waals surface area contributed by atoms with Crippen LogP contribution in [0.2, 0.25) is 0 Å². The summed E-state index contributed by atoms with van der Waals surface area (Å²) in [5, 5.41) is 0. The van der Waals surface area contributed by atoms with Crippen LogP contribution in [-0.4, -0.2) is 32.7 Å². The average Bonchev–Trinajstić information content (AvgIpc) is 3.21. The number of sulfonamides is 1. The van der Waals surface area contributed by atoms with Crippen LogP contribution in [0.25, 0.3) is 0 Å². The Kier molecular flexibility index (Phi) is 6.13. The summed E-state index contributed by atoms with van der Waals surface area (Å²) in [5.41, 5.74) is 4.44. The lowest BCUT2D eigenvalue weighted by molar-refractivity contribution is 0.251. The highest BCUT2D eigenvalue weighted by Gasteiger charge is 2.67. The SMILES string of the molecule is CCC1(c2cccc(NS(C)(=O)=O)c2)C2CN(Cc3ccccc3OCc3ccccc3)CC21. The van der Waals surface area contributed by atoms with E-state index < -0.39 is 10.0 Å². The molecule has 0 radical (unpaired) electrons. The summed E-state index contributed by atoms with van der Waals surface area (Å²) in [7, 11) is -3.28. The summed E-state index contributed by atoms with van der Waals surface area (Å²) in [6.45, 7) is 5.81. The summed E-state index contributed by atoms with van der Waals surface area (Å²) in [5.74, 6) is 2.15. The minimum Gasteiger partial charge on any atom is -0.489 e. The normalized spacial score (nSPS) is 23.9. The van der Waals surface area contributed by atoms with E-state index in [0.29, 0.717) is 24.1 Å². The number of fused-ring (bicyclic) bond motifs is 1. The second-order valence-electron chi connectivity index (χ2n) is 9.64. The lowest BCUT2D eigenvalue weighted by Gasteiger charge is -2.27. The number of rotatable bonds is 9. The van der Waals surface area contributed by atoms with Gasteiger partial charge in [0.2, 0.25) is 10.0 Å². The van der Waals surface area contributed by atoms with Crippen LogP contribution in [0.1, 0.15) is 30.0 Å². The van der Waals surface area contributed by atoms with Gasteiger partial charge in [0.05, 0.1) is 6.26 Å². The zero-order valence-corrected chi connectivity index (χ0v) is 20.6. The van der Waals surface area contributed by atoms with E-state index in [4.69, 9.17) is 4.74 Å². The molecule has 5 rings (SSSR count). The number of hydrogen-bond acceptors (Lipinski definition) is 4. The third-order valence-corrected chi connectivity index (χ3v) is 8.11. The van der Waals surface area contributed by atoms with Crippen LogP contribution in [0, 0.1) is 11.8 Å². The van der Waals surface area contributed by atoms with Gasteiger partial charge in [-0.1, -0.05) is 67.6 Å². The molecule has 1 aliphatic heterocycles. The summed E-state index contributed by atoms with van der Waals surface area (Å²) in [6.07, 6.45) is 2.26. The van der Waals surface area contributed by atoms with E-state index in [-0.39, 0.29) is 5.41 Å². The number of para-hydroxylation sites is 1. The summed E-state index contributed by atoms with van der Waals surface area (Å²) >= 11 is 0. The number of anilines is 1. The second-order valence-corrected chi connectivity index (χ2v) is 11.4. The van der Waals surface area contributed by atoms with Crippen LogP contribution < -0.4 is 9.46 Å². The second kappa shape index (κ2) is 9.08. The molecule has 34 heavy (non-hydrogen) atoms. The van der Waals surface area contributed by atoms with E-state index in [0.717, 1.165) is 31.8 Å². The number of likely N-dealkylation sites (tertiary alicyclic amines) is 1. The zero-order chi connectivity index (χ0) is 23.8. The average molecular weight is 477 g/mol. The maximum Gasteiger partial charge on any atom is 0.229 e. The summed E-state index contributed by atoms with van der Waals surface area (Å²) in [4.78, 5) is 2.53. The lowest BCUT2D eigenvalue weighted by atomic mass is 9.87. The Balaban J connectivity index is 1.25. The molecule has 1 heterocycles. The molecule has 2 unspecified atom stereocenters. The fraction of sp³-hybridized carbons (Fsp3) is 0.357. The third-order valence-electron chi connectivity index (χ3n) is 7.50. The first-order valence-electron chi connectivity index (χ1n) is 11.9. The maximum atomic E-state index is 11.7. The Morgan fingerprint density at radius 2 is 1.68 bits per heavy atom.